The van der Waals surface area contributed by atoms with Crippen LogP contribution in [0.5, 0.6) is 0 Å². The van der Waals surface area contributed by atoms with Crippen LogP contribution in [0.25, 0.3) is 0 Å². The van der Waals surface area contributed by atoms with E-state index in [-0.39, 0.29) is 37.3 Å². The summed E-state index contributed by atoms with van der Waals surface area (Å²) >= 11 is 0. The molecule has 23 heavy (non-hydrogen) atoms. The van der Waals surface area contributed by atoms with E-state index in [1.807, 2.05) is 30.3 Å². The molecule has 1 unspecified atom stereocenters. The smallest absolute Gasteiger partial charge is 0.241 e. The van der Waals surface area contributed by atoms with Gasteiger partial charge in [-0.05, 0) is 12.0 Å². The molecule has 3 N–H and O–H groups in total. The summed E-state index contributed by atoms with van der Waals surface area (Å²) in [4.78, 5) is 24.8. The van der Waals surface area contributed by atoms with Gasteiger partial charge in [0.2, 0.25) is 11.8 Å². The summed E-state index contributed by atoms with van der Waals surface area (Å²) in [6, 6.07) is 10.0. The summed E-state index contributed by atoms with van der Waals surface area (Å²) in [6.45, 7) is 2.57. The third kappa shape index (κ3) is 6.56. The summed E-state index contributed by atoms with van der Waals surface area (Å²) in [5.41, 5.74) is 6.33. The van der Waals surface area contributed by atoms with Gasteiger partial charge in [-0.25, -0.2) is 0 Å². The molecule has 0 saturated carbocycles. The second kappa shape index (κ2) is 10.2. The average molecular weight is 342 g/mol. The molecule has 0 spiro atoms. The SMILES string of the molecule is Cl.NCC(=O)NCC(=O)N1CCC(COCc2ccccc2)C1. The van der Waals surface area contributed by atoms with Gasteiger partial charge >= 0.3 is 0 Å². The lowest BCUT2D eigenvalue weighted by Crippen LogP contribution is -2.41. The first-order chi connectivity index (χ1) is 10.7. The summed E-state index contributed by atoms with van der Waals surface area (Å²) in [5, 5.41) is 2.50. The standard InChI is InChI=1S/C16H23N3O3.ClH/c17-8-15(20)18-9-16(21)19-7-6-14(10-19)12-22-11-13-4-2-1-3-5-13;/h1-5,14H,6-12,17H2,(H,18,20);1H. The van der Waals surface area contributed by atoms with E-state index in [1.165, 1.54) is 0 Å². The number of hydrogen-bond donors (Lipinski definition) is 2. The lowest BCUT2D eigenvalue weighted by atomic mass is 10.1. The number of halogens is 1. The molecule has 1 atom stereocenters. The Morgan fingerprint density at radius 3 is 2.74 bits per heavy atom. The van der Waals surface area contributed by atoms with Crippen LogP contribution in [0.3, 0.4) is 0 Å². The fourth-order valence-corrected chi connectivity index (χ4v) is 2.47. The highest BCUT2D eigenvalue weighted by molar-refractivity contribution is 5.85. The van der Waals surface area contributed by atoms with Crippen molar-refractivity contribution < 1.29 is 14.3 Å². The third-order valence-corrected chi connectivity index (χ3v) is 3.73. The van der Waals surface area contributed by atoms with Gasteiger partial charge in [0.25, 0.3) is 0 Å². The number of nitrogens with one attached hydrogen (secondary N) is 1. The maximum absolute atomic E-state index is 11.9. The van der Waals surface area contributed by atoms with Crippen LogP contribution in [-0.4, -0.2) is 49.5 Å². The Kier molecular flexibility index (Phi) is 8.61. The fraction of sp³-hybridized carbons (Fsp3) is 0.500. The van der Waals surface area contributed by atoms with Crippen molar-refractivity contribution in [3.8, 4) is 0 Å². The van der Waals surface area contributed by atoms with E-state index in [0.29, 0.717) is 25.7 Å². The van der Waals surface area contributed by atoms with Gasteiger partial charge < -0.3 is 20.7 Å². The minimum absolute atomic E-state index is 0. The molecule has 1 aliphatic heterocycles. The van der Waals surface area contributed by atoms with E-state index >= 15 is 0 Å². The predicted octanol–water partition coefficient (Wildman–Crippen LogP) is 0.548. The number of carbonyl (C=O) groups excluding carboxylic acids is 2. The largest absolute Gasteiger partial charge is 0.376 e. The van der Waals surface area contributed by atoms with E-state index in [0.717, 1.165) is 18.5 Å². The first kappa shape index (κ1) is 19.4. The van der Waals surface area contributed by atoms with E-state index in [1.54, 1.807) is 4.90 Å². The van der Waals surface area contributed by atoms with E-state index in [4.69, 9.17) is 10.5 Å². The molecule has 128 valence electrons. The number of rotatable bonds is 7. The lowest BCUT2D eigenvalue weighted by molar-refractivity contribution is -0.131. The fourth-order valence-electron chi connectivity index (χ4n) is 2.47. The van der Waals surface area contributed by atoms with Crippen LogP contribution in [0, 0.1) is 5.92 Å². The minimum atomic E-state index is -0.310. The van der Waals surface area contributed by atoms with Crippen LogP contribution in [0.15, 0.2) is 30.3 Å². The number of benzene rings is 1. The minimum Gasteiger partial charge on any atom is -0.376 e. The van der Waals surface area contributed by atoms with Gasteiger partial charge in [0.05, 0.1) is 26.3 Å². The highest BCUT2D eigenvalue weighted by Crippen LogP contribution is 2.17. The van der Waals surface area contributed by atoms with Gasteiger partial charge in [-0.2, -0.15) is 0 Å². The van der Waals surface area contributed by atoms with Crippen LogP contribution >= 0.6 is 12.4 Å². The van der Waals surface area contributed by atoms with E-state index < -0.39 is 0 Å². The first-order valence-electron chi connectivity index (χ1n) is 7.55. The maximum atomic E-state index is 11.9. The van der Waals surface area contributed by atoms with Crippen molar-refractivity contribution in [1.29, 1.82) is 0 Å². The highest BCUT2D eigenvalue weighted by Gasteiger charge is 2.26. The van der Waals surface area contributed by atoms with Gasteiger partial charge in [-0.15, -0.1) is 12.4 Å². The molecule has 1 aromatic carbocycles. The van der Waals surface area contributed by atoms with E-state index in [9.17, 15) is 9.59 Å². The summed E-state index contributed by atoms with van der Waals surface area (Å²) in [5.74, 6) is -0.0134. The van der Waals surface area contributed by atoms with Crippen molar-refractivity contribution >= 4 is 24.2 Å². The molecule has 1 fully saturated rings. The number of likely N-dealkylation sites (tertiary alicyclic amines) is 1. The third-order valence-electron chi connectivity index (χ3n) is 3.73. The van der Waals surface area contributed by atoms with Crippen molar-refractivity contribution in [2.24, 2.45) is 11.7 Å². The van der Waals surface area contributed by atoms with Crippen LogP contribution < -0.4 is 11.1 Å². The Morgan fingerprint density at radius 2 is 2.04 bits per heavy atom. The van der Waals surface area contributed by atoms with Crippen LogP contribution in [0.1, 0.15) is 12.0 Å². The van der Waals surface area contributed by atoms with Gasteiger partial charge in [-0.1, -0.05) is 30.3 Å². The molecule has 1 saturated heterocycles. The van der Waals surface area contributed by atoms with Crippen LogP contribution in [0.2, 0.25) is 0 Å². The molecular weight excluding hydrogens is 318 g/mol. The van der Waals surface area contributed by atoms with Crippen molar-refractivity contribution in [2.45, 2.75) is 13.0 Å². The molecule has 2 rings (SSSR count). The number of amides is 2. The number of hydrogen-bond acceptors (Lipinski definition) is 4. The molecular formula is C16H24ClN3O3. The molecule has 0 bridgehead atoms. The molecule has 0 radical (unpaired) electrons. The molecule has 0 aliphatic carbocycles. The molecule has 6 nitrogen and oxygen atoms in total. The Bertz CT molecular complexity index is 499. The summed E-state index contributed by atoms with van der Waals surface area (Å²) in [7, 11) is 0. The van der Waals surface area contributed by atoms with Gasteiger partial charge in [-0.3, -0.25) is 9.59 Å². The highest BCUT2D eigenvalue weighted by atomic mass is 35.5. The zero-order chi connectivity index (χ0) is 15.8. The van der Waals surface area contributed by atoms with Crippen molar-refractivity contribution in [1.82, 2.24) is 10.2 Å². The Labute approximate surface area is 142 Å². The molecule has 2 amide bonds. The number of nitrogens with two attached hydrogens (primary N) is 1. The summed E-state index contributed by atoms with van der Waals surface area (Å²) in [6.07, 6.45) is 0.936. The second-order valence-corrected chi connectivity index (χ2v) is 5.48. The van der Waals surface area contributed by atoms with Crippen molar-refractivity contribution in [3.63, 3.8) is 0 Å². The molecule has 1 heterocycles. The average Bonchev–Trinajstić information content (AvgIpc) is 3.02. The van der Waals surface area contributed by atoms with Crippen molar-refractivity contribution in [3.05, 3.63) is 35.9 Å². The Morgan fingerprint density at radius 1 is 1.30 bits per heavy atom. The van der Waals surface area contributed by atoms with E-state index in [2.05, 4.69) is 5.32 Å². The quantitative estimate of drug-likeness (QED) is 0.758. The van der Waals surface area contributed by atoms with Gasteiger partial charge in [0.1, 0.15) is 0 Å². The Balaban J connectivity index is 0.00000264. The zero-order valence-electron chi connectivity index (χ0n) is 13.1. The molecule has 1 aromatic rings. The Hall–Kier alpha value is -1.63. The topological polar surface area (TPSA) is 84.7 Å². The molecule has 7 heteroatoms. The lowest BCUT2D eigenvalue weighted by Gasteiger charge is -2.17. The first-order valence-corrected chi connectivity index (χ1v) is 7.55. The maximum Gasteiger partial charge on any atom is 0.241 e. The number of ether oxygens (including phenoxy) is 1. The van der Waals surface area contributed by atoms with Crippen LogP contribution in [0.4, 0.5) is 0 Å². The molecule has 0 aromatic heterocycles. The van der Waals surface area contributed by atoms with Crippen LogP contribution in [-0.2, 0) is 20.9 Å². The van der Waals surface area contributed by atoms with Gasteiger partial charge in [0, 0.05) is 19.0 Å². The van der Waals surface area contributed by atoms with Crippen molar-refractivity contribution in [2.75, 3.05) is 32.8 Å². The predicted molar refractivity (Wildman–Crippen MR) is 90.1 cm³/mol. The zero-order valence-corrected chi connectivity index (χ0v) is 13.9. The normalized spacial score (nSPS) is 16.7. The molecule has 1 aliphatic rings. The van der Waals surface area contributed by atoms with Gasteiger partial charge in [0.15, 0.2) is 0 Å². The number of carbonyl (C=O) groups is 2. The summed E-state index contributed by atoms with van der Waals surface area (Å²) < 4.78 is 5.72. The number of nitrogens with zero attached hydrogens (tertiary/aromatic N) is 1. The second-order valence-electron chi connectivity index (χ2n) is 5.48. The monoisotopic (exact) mass is 341 g/mol.